The molecule has 7 nitrogen and oxygen atoms in total. The summed E-state index contributed by atoms with van der Waals surface area (Å²) in [5, 5.41) is 2.38. The monoisotopic (exact) mass is 489 g/mol. The van der Waals surface area contributed by atoms with Gasteiger partial charge in [0.05, 0.1) is 17.5 Å². The second-order valence-electron chi connectivity index (χ2n) is 7.26. The number of sulfonamides is 1. The van der Waals surface area contributed by atoms with E-state index in [0.29, 0.717) is 15.9 Å². The van der Waals surface area contributed by atoms with Gasteiger partial charge in [-0.2, -0.15) is 13.2 Å². The Bertz CT molecular complexity index is 1110. The third-order valence-electron chi connectivity index (χ3n) is 4.82. The van der Waals surface area contributed by atoms with E-state index < -0.39 is 52.0 Å². The van der Waals surface area contributed by atoms with Crippen molar-refractivity contribution in [2.24, 2.45) is 0 Å². The number of hydrogen-bond acceptors (Lipinski definition) is 4. The molecule has 0 saturated heterocycles. The molecular weight excluding hydrogens is 466 g/mol. The van der Waals surface area contributed by atoms with E-state index in [1.807, 2.05) is 0 Å². The fourth-order valence-corrected chi connectivity index (χ4v) is 3.87. The minimum absolute atomic E-state index is 0.159. The van der Waals surface area contributed by atoms with Crippen LogP contribution in [0.5, 0.6) is 0 Å². The van der Waals surface area contributed by atoms with Crippen LogP contribution in [-0.2, 0) is 32.3 Å². The molecule has 0 bridgehead atoms. The van der Waals surface area contributed by atoms with Crippen molar-refractivity contribution < 1.29 is 35.6 Å². The third kappa shape index (κ3) is 6.91. The maximum absolute atomic E-state index is 13.2. The number of nitrogens with one attached hydrogen (secondary N) is 1. The lowest BCUT2D eigenvalue weighted by Gasteiger charge is -2.31. The van der Waals surface area contributed by atoms with E-state index in [1.165, 1.54) is 26.1 Å². The number of alkyl halides is 3. The summed E-state index contributed by atoms with van der Waals surface area (Å²) < 4.78 is 77.8. The highest BCUT2D eigenvalue weighted by Crippen LogP contribution is 2.32. The van der Waals surface area contributed by atoms with Crippen LogP contribution in [0, 0.1) is 5.82 Å². The van der Waals surface area contributed by atoms with Crippen molar-refractivity contribution >= 4 is 27.5 Å². The van der Waals surface area contributed by atoms with E-state index in [1.54, 1.807) is 0 Å². The number of rotatable bonds is 8. The molecule has 2 amide bonds. The summed E-state index contributed by atoms with van der Waals surface area (Å²) in [5.74, 6) is -1.89. The highest BCUT2D eigenvalue weighted by molar-refractivity contribution is 7.92. The van der Waals surface area contributed by atoms with Gasteiger partial charge in [-0.3, -0.25) is 13.9 Å². The summed E-state index contributed by atoms with van der Waals surface area (Å²) in [7, 11) is -2.82. The molecule has 1 atom stereocenters. The predicted octanol–water partition coefficient (Wildman–Crippen LogP) is 2.77. The molecule has 33 heavy (non-hydrogen) atoms. The van der Waals surface area contributed by atoms with Gasteiger partial charge in [0.15, 0.2) is 0 Å². The number of likely N-dealkylation sites (N-methyl/N-ethyl adjacent to an activating group) is 1. The molecule has 0 spiro atoms. The fraction of sp³-hybridized carbons (Fsp3) is 0.333. The zero-order valence-electron chi connectivity index (χ0n) is 18.1. The molecular formula is C21H23F4N3O4S. The first-order valence-electron chi connectivity index (χ1n) is 9.64. The standard InChI is InChI=1S/C21H23F4N3O4S/c1-14(20(30)26-2)27(12-15-7-9-17(22)10-8-15)19(29)13-28(33(3,31)32)18-6-4-5-16(11-18)21(23,24)25/h4-11,14H,12-13H2,1-3H3,(H,26,30)/t14-/m0/s1. The predicted molar refractivity (Wildman–Crippen MR) is 114 cm³/mol. The number of benzene rings is 2. The van der Waals surface area contributed by atoms with Gasteiger partial charge in [0.2, 0.25) is 21.8 Å². The van der Waals surface area contributed by atoms with Crippen molar-refractivity contribution in [2.45, 2.75) is 25.7 Å². The molecule has 12 heteroatoms. The van der Waals surface area contributed by atoms with Gasteiger partial charge in [0.25, 0.3) is 0 Å². The lowest BCUT2D eigenvalue weighted by Crippen LogP contribution is -2.50. The highest BCUT2D eigenvalue weighted by Gasteiger charge is 2.33. The van der Waals surface area contributed by atoms with E-state index in [9.17, 15) is 35.6 Å². The molecule has 0 aliphatic carbocycles. The first-order chi connectivity index (χ1) is 15.2. The molecule has 2 aromatic rings. The number of amides is 2. The van der Waals surface area contributed by atoms with Crippen molar-refractivity contribution in [3.8, 4) is 0 Å². The number of carbonyl (C=O) groups excluding carboxylic acids is 2. The second kappa shape index (κ2) is 10.2. The summed E-state index contributed by atoms with van der Waals surface area (Å²) in [4.78, 5) is 26.4. The van der Waals surface area contributed by atoms with Crippen molar-refractivity contribution in [3.63, 3.8) is 0 Å². The SMILES string of the molecule is CNC(=O)[C@H](C)N(Cc1ccc(F)cc1)C(=O)CN(c1cccc(C(F)(F)F)c1)S(C)(=O)=O. The van der Waals surface area contributed by atoms with Crippen LogP contribution in [0.2, 0.25) is 0 Å². The Hall–Kier alpha value is -3.15. The maximum atomic E-state index is 13.2. The topological polar surface area (TPSA) is 86.8 Å². The van der Waals surface area contributed by atoms with Gasteiger partial charge in [0, 0.05) is 13.6 Å². The molecule has 0 unspecified atom stereocenters. The molecule has 0 aromatic heterocycles. The van der Waals surface area contributed by atoms with E-state index >= 15 is 0 Å². The summed E-state index contributed by atoms with van der Waals surface area (Å²) in [5.41, 5.74) is -0.969. The smallest absolute Gasteiger partial charge is 0.357 e. The van der Waals surface area contributed by atoms with Crippen LogP contribution < -0.4 is 9.62 Å². The molecule has 0 fully saturated rings. The Kier molecular flexibility index (Phi) is 8.06. The van der Waals surface area contributed by atoms with Gasteiger partial charge >= 0.3 is 6.18 Å². The normalized spacial score (nSPS) is 12.7. The number of anilines is 1. The third-order valence-corrected chi connectivity index (χ3v) is 5.96. The first kappa shape index (κ1) is 26.1. The Morgan fingerprint density at radius 1 is 1.09 bits per heavy atom. The van der Waals surface area contributed by atoms with Crippen LogP contribution in [0.4, 0.5) is 23.2 Å². The Labute approximate surface area is 189 Å². The number of nitrogens with zero attached hydrogens (tertiary/aromatic N) is 2. The van der Waals surface area contributed by atoms with Gasteiger partial charge in [-0.1, -0.05) is 18.2 Å². The Balaban J connectivity index is 2.42. The van der Waals surface area contributed by atoms with Gasteiger partial charge in [-0.05, 0) is 42.8 Å². The number of halogens is 4. The zero-order chi connectivity index (χ0) is 25.0. The van der Waals surface area contributed by atoms with Crippen LogP contribution in [0.3, 0.4) is 0 Å². The van der Waals surface area contributed by atoms with Crippen LogP contribution in [0.1, 0.15) is 18.1 Å². The van der Waals surface area contributed by atoms with Gasteiger partial charge < -0.3 is 10.2 Å². The maximum Gasteiger partial charge on any atom is 0.416 e. The molecule has 0 aliphatic heterocycles. The van der Waals surface area contributed by atoms with Crippen molar-refractivity contribution in [3.05, 3.63) is 65.5 Å². The molecule has 0 saturated carbocycles. The minimum Gasteiger partial charge on any atom is -0.357 e. The van der Waals surface area contributed by atoms with Gasteiger partial charge in [0.1, 0.15) is 18.4 Å². The van der Waals surface area contributed by atoms with Crippen molar-refractivity contribution in [2.75, 3.05) is 24.2 Å². The van der Waals surface area contributed by atoms with E-state index in [0.717, 1.165) is 41.5 Å². The molecule has 1 N–H and O–H groups in total. The van der Waals surface area contributed by atoms with Crippen LogP contribution in [0.15, 0.2) is 48.5 Å². The molecule has 2 rings (SSSR count). The molecule has 0 radical (unpaired) electrons. The van der Waals surface area contributed by atoms with Crippen molar-refractivity contribution in [1.82, 2.24) is 10.2 Å². The number of hydrogen-bond donors (Lipinski definition) is 1. The summed E-state index contributed by atoms with van der Waals surface area (Å²) >= 11 is 0. The first-order valence-corrected chi connectivity index (χ1v) is 11.5. The van der Waals surface area contributed by atoms with Crippen LogP contribution >= 0.6 is 0 Å². The highest BCUT2D eigenvalue weighted by atomic mass is 32.2. The Morgan fingerprint density at radius 3 is 2.21 bits per heavy atom. The van der Waals surface area contributed by atoms with E-state index in [4.69, 9.17) is 0 Å². The molecule has 0 heterocycles. The number of carbonyl (C=O) groups is 2. The molecule has 2 aromatic carbocycles. The quantitative estimate of drug-likeness (QED) is 0.578. The lowest BCUT2D eigenvalue weighted by atomic mass is 10.1. The van der Waals surface area contributed by atoms with Crippen LogP contribution in [-0.4, -0.2) is 51.0 Å². The van der Waals surface area contributed by atoms with Crippen molar-refractivity contribution in [1.29, 1.82) is 0 Å². The Morgan fingerprint density at radius 2 is 1.70 bits per heavy atom. The van der Waals surface area contributed by atoms with Gasteiger partial charge in [-0.15, -0.1) is 0 Å². The summed E-state index contributed by atoms with van der Waals surface area (Å²) in [6, 6.07) is 7.64. The van der Waals surface area contributed by atoms with E-state index in [2.05, 4.69) is 5.32 Å². The fourth-order valence-electron chi connectivity index (χ4n) is 3.03. The zero-order valence-corrected chi connectivity index (χ0v) is 18.9. The average molecular weight is 489 g/mol. The van der Waals surface area contributed by atoms with Gasteiger partial charge in [-0.25, -0.2) is 12.8 Å². The minimum atomic E-state index is -4.72. The summed E-state index contributed by atoms with van der Waals surface area (Å²) in [6.45, 7) is 0.409. The second-order valence-corrected chi connectivity index (χ2v) is 9.16. The van der Waals surface area contributed by atoms with E-state index in [-0.39, 0.29) is 12.2 Å². The summed E-state index contributed by atoms with van der Waals surface area (Å²) in [6.07, 6.45) is -3.96. The van der Waals surface area contributed by atoms with Crippen LogP contribution in [0.25, 0.3) is 0 Å². The lowest BCUT2D eigenvalue weighted by molar-refractivity contribution is -0.139. The molecule has 0 aliphatic rings. The average Bonchev–Trinajstić information content (AvgIpc) is 2.74. The molecule has 180 valence electrons. The largest absolute Gasteiger partial charge is 0.416 e.